The molecule has 0 saturated heterocycles. The Labute approximate surface area is 201 Å². The highest BCUT2D eigenvalue weighted by molar-refractivity contribution is 6.30. The quantitative estimate of drug-likeness (QED) is 0.367. The van der Waals surface area contributed by atoms with E-state index in [2.05, 4.69) is 0 Å². The summed E-state index contributed by atoms with van der Waals surface area (Å²) in [6, 6.07) is 20.7. The predicted octanol–water partition coefficient (Wildman–Crippen LogP) is 4.89. The summed E-state index contributed by atoms with van der Waals surface area (Å²) in [4.78, 5) is 26.0. The van der Waals surface area contributed by atoms with Crippen LogP contribution in [0.2, 0.25) is 5.02 Å². The Bertz CT molecular complexity index is 1240. The van der Waals surface area contributed by atoms with Crippen LogP contribution < -0.4 is 0 Å². The van der Waals surface area contributed by atoms with E-state index in [1.165, 1.54) is 12.1 Å². The summed E-state index contributed by atoms with van der Waals surface area (Å²) >= 11 is 6.17. The number of carbonyl (C=O) groups is 1. The van der Waals surface area contributed by atoms with Crippen molar-refractivity contribution in [2.75, 3.05) is 13.2 Å². The first-order chi connectivity index (χ1) is 16.4. The number of benzene rings is 3. The standard InChI is InChI=1S/C26H23ClN2O5/c27-20-9-7-19(8-10-20)26(34-17-25(16-30)13-14-25)23-4-2-1-3-22(23)24(31)28(26)15-18-5-11-21(12-6-18)29(32)33/h1-12,30H,13-17H2/t26-/m1/s1. The van der Waals surface area contributed by atoms with Crippen molar-refractivity contribution >= 4 is 23.2 Å². The molecule has 1 atom stereocenters. The normalized spacial score (nSPS) is 20.3. The molecule has 34 heavy (non-hydrogen) atoms. The number of aliphatic hydroxyl groups is 1. The Morgan fingerprint density at radius 3 is 2.32 bits per heavy atom. The molecular weight excluding hydrogens is 456 g/mol. The molecule has 1 amide bonds. The number of hydrogen-bond donors (Lipinski definition) is 1. The fraction of sp³-hybridized carbons (Fsp3) is 0.269. The van der Waals surface area contributed by atoms with Gasteiger partial charge in [-0.3, -0.25) is 19.8 Å². The smallest absolute Gasteiger partial charge is 0.269 e. The third-order valence-electron chi connectivity index (χ3n) is 6.75. The van der Waals surface area contributed by atoms with E-state index in [0.717, 1.165) is 29.5 Å². The molecule has 1 heterocycles. The molecule has 0 unspecified atom stereocenters. The maximum absolute atomic E-state index is 13.7. The first kappa shape index (κ1) is 22.5. The van der Waals surface area contributed by atoms with Crippen LogP contribution in [0, 0.1) is 15.5 Å². The van der Waals surface area contributed by atoms with E-state index in [1.807, 2.05) is 30.3 Å². The van der Waals surface area contributed by atoms with E-state index >= 15 is 0 Å². The van der Waals surface area contributed by atoms with Crippen LogP contribution in [0.25, 0.3) is 0 Å². The van der Waals surface area contributed by atoms with Crippen LogP contribution in [-0.4, -0.2) is 34.1 Å². The third-order valence-corrected chi connectivity index (χ3v) is 7.00. The summed E-state index contributed by atoms with van der Waals surface area (Å²) in [7, 11) is 0. The van der Waals surface area contributed by atoms with Crippen molar-refractivity contribution in [3.63, 3.8) is 0 Å². The lowest BCUT2D eigenvalue weighted by molar-refractivity contribution is -0.384. The van der Waals surface area contributed by atoms with Gasteiger partial charge in [0.2, 0.25) is 0 Å². The molecule has 3 aromatic carbocycles. The molecule has 2 aliphatic rings. The van der Waals surface area contributed by atoms with Crippen molar-refractivity contribution in [1.82, 2.24) is 4.90 Å². The van der Waals surface area contributed by atoms with Crippen molar-refractivity contribution < 1.29 is 19.6 Å². The highest BCUT2D eigenvalue weighted by Gasteiger charge is 2.54. The minimum Gasteiger partial charge on any atom is -0.396 e. The molecule has 0 bridgehead atoms. The van der Waals surface area contributed by atoms with Gasteiger partial charge in [-0.1, -0.05) is 54.1 Å². The predicted molar refractivity (Wildman–Crippen MR) is 126 cm³/mol. The monoisotopic (exact) mass is 478 g/mol. The van der Waals surface area contributed by atoms with E-state index < -0.39 is 10.6 Å². The van der Waals surface area contributed by atoms with Gasteiger partial charge in [0.25, 0.3) is 11.6 Å². The largest absolute Gasteiger partial charge is 0.396 e. The molecule has 3 aromatic rings. The minimum absolute atomic E-state index is 0.0152. The highest BCUT2D eigenvalue weighted by Crippen LogP contribution is 2.51. The van der Waals surface area contributed by atoms with Gasteiger partial charge in [0, 0.05) is 45.8 Å². The third kappa shape index (κ3) is 3.76. The molecule has 1 aliphatic carbocycles. The number of amides is 1. The highest BCUT2D eigenvalue weighted by atomic mass is 35.5. The number of carbonyl (C=O) groups excluding carboxylic acids is 1. The van der Waals surface area contributed by atoms with Crippen LogP contribution >= 0.6 is 11.6 Å². The number of halogens is 1. The molecule has 0 spiro atoms. The van der Waals surface area contributed by atoms with Crippen LogP contribution in [0.4, 0.5) is 5.69 Å². The zero-order valence-corrected chi connectivity index (χ0v) is 19.1. The number of ether oxygens (including phenoxy) is 1. The Morgan fingerprint density at radius 2 is 1.71 bits per heavy atom. The van der Waals surface area contributed by atoms with Crippen molar-refractivity contribution in [1.29, 1.82) is 0 Å². The van der Waals surface area contributed by atoms with Crippen molar-refractivity contribution in [2.45, 2.75) is 25.1 Å². The van der Waals surface area contributed by atoms with Crippen molar-refractivity contribution in [3.05, 3.63) is 110 Å². The molecule has 1 aliphatic heterocycles. The molecule has 1 saturated carbocycles. The zero-order valence-electron chi connectivity index (χ0n) is 18.3. The Hall–Kier alpha value is -3.26. The van der Waals surface area contributed by atoms with Crippen molar-refractivity contribution in [3.8, 4) is 0 Å². The summed E-state index contributed by atoms with van der Waals surface area (Å²) in [5.74, 6) is -0.197. The number of aliphatic hydroxyl groups excluding tert-OH is 1. The van der Waals surface area contributed by atoms with Gasteiger partial charge < -0.3 is 9.84 Å². The molecule has 1 N–H and O–H groups in total. The molecule has 174 valence electrons. The second kappa shape index (κ2) is 8.51. The van der Waals surface area contributed by atoms with Crippen LogP contribution in [-0.2, 0) is 17.0 Å². The number of nitrogens with zero attached hydrogens (tertiary/aromatic N) is 2. The van der Waals surface area contributed by atoms with E-state index in [9.17, 15) is 20.0 Å². The van der Waals surface area contributed by atoms with Gasteiger partial charge in [0.1, 0.15) is 0 Å². The number of rotatable bonds is 8. The summed E-state index contributed by atoms with van der Waals surface area (Å²) < 4.78 is 6.67. The average Bonchev–Trinajstić information content (AvgIpc) is 3.60. The van der Waals surface area contributed by atoms with Crippen LogP contribution in [0.3, 0.4) is 0 Å². The number of hydrogen-bond acceptors (Lipinski definition) is 5. The molecule has 1 fully saturated rings. The number of fused-ring (bicyclic) bond motifs is 1. The zero-order chi connectivity index (χ0) is 23.9. The SMILES string of the molecule is O=C1c2ccccc2[C@](OCC2(CO)CC2)(c2ccc(Cl)cc2)N1Cc1ccc([N+](=O)[O-])cc1. The van der Waals surface area contributed by atoms with Crippen LogP contribution in [0.1, 0.15) is 39.9 Å². The first-order valence-corrected chi connectivity index (χ1v) is 11.4. The number of nitro groups is 1. The van der Waals surface area contributed by atoms with E-state index in [4.69, 9.17) is 16.3 Å². The van der Waals surface area contributed by atoms with Gasteiger partial charge in [-0.15, -0.1) is 0 Å². The topological polar surface area (TPSA) is 92.9 Å². The molecule has 7 nitrogen and oxygen atoms in total. The lowest BCUT2D eigenvalue weighted by atomic mass is 9.92. The maximum atomic E-state index is 13.7. The summed E-state index contributed by atoms with van der Waals surface area (Å²) in [6.45, 7) is 0.479. The number of non-ortho nitro benzene ring substituents is 1. The summed E-state index contributed by atoms with van der Waals surface area (Å²) in [6.07, 6.45) is 1.72. The van der Waals surface area contributed by atoms with Gasteiger partial charge in [-0.2, -0.15) is 0 Å². The lowest BCUT2D eigenvalue weighted by Gasteiger charge is -2.40. The van der Waals surface area contributed by atoms with Gasteiger partial charge in [-0.25, -0.2) is 0 Å². The fourth-order valence-electron chi connectivity index (χ4n) is 4.50. The van der Waals surface area contributed by atoms with E-state index in [1.54, 1.807) is 35.2 Å². The Balaban J connectivity index is 1.63. The van der Waals surface area contributed by atoms with Gasteiger partial charge in [0.05, 0.1) is 18.1 Å². The van der Waals surface area contributed by atoms with E-state index in [-0.39, 0.29) is 36.8 Å². The van der Waals surface area contributed by atoms with Crippen LogP contribution in [0.5, 0.6) is 0 Å². The molecule has 5 rings (SSSR count). The minimum atomic E-state index is -1.23. The average molecular weight is 479 g/mol. The molecule has 8 heteroatoms. The second-order valence-corrected chi connectivity index (χ2v) is 9.39. The van der Waals surface area contributed by atoms with Gasteiger partial charge >= 0.3 is 0 Å². The van der Waals surface area contributed by atoms with Gasteiger partial charge in [0.15, 0.2) is 5.72 Å². The number of nitro benzene ring substituents is 1. The molecule has 0 radical (unpaired) electrons. The van der Waals surface area contributed by atoms with Crippen LogP contribution in [0.15, 0.2) is 72.8 Å². The first-order valence-electron chi connectivity index (χ1n) is 11.0. The summed E-state index contributed by atoms with van der Waals surface area (Å²) in [5.41, 5.74) is 1.18. The molecule has 0 aromatic heterocycles. The summed E-state index contributed by atoms with van der Waals surface area (Å²) in [5, 5.41) is 21.5. The fourth-order valence-corrected chi connectivity index (χ4v) is 4.62. The molecular formula is C26H23ClN2O5. The van der Waals surface area contributed by atoms with Crippen molar-refractivity contribution in [2.24, 2.45) is 5.41 Å². The Kier molecular flexibility index (Phi) is 5.64. The van der Waals surface area contributed by atoms with Gasteiger partial charge in [-0.05, 0) is 36.6 Å². The maximum Gasteiger partial charge on any atom is 0.269 e. The Morgan fingerprint density at radius 1 is 1.03 bits per heavy atom. The van der Waals surface area contributed by atoms with E-state index in [0.29, 0.717) is 10.6 Å². The lowest BCUT2D eigenvalue weighted by Crippen LogP contribution is -2.47. The second-order valence-electron chi connectivity index (χ2n) is 8.96.